The lowest BCUT2D eigenvalue weighted by Gasteiger charge is -2.38. The summed E-state index contributed by atoms with van der Waals surface area (Å²) >= 11 is 0. The highest BCUT2D eigenvalue weighted by Gasteiger charge is 2.40. The second kappa shape index (κ2) is 9.14. The minimum Gasteiger partial charge on any atom is -0.489 e. The van der Waals surface area contributed by atoms with Crippen LogP contribution in [0.3, 0.4) is 0 Å². The molecular weight excluding hydrogens is 404 g/mol. The van der Waals surface area contributed by atoms with E-state index in [0.717, 1.165) is 11.3 Å². The number of benzene rings is 3. The fraction of sp³-hybridized carbons (Fsp3) is 0.231. The lowest BCUT2D eigenvalue weighted by Crippen LogP contribution is -2.53. The first kappa shape index (κ1) is 21.4. The number of ether oxygens (including phenoxy) is 2. The standard InChI is InChI=1S/C26H26N2O4/c1-26(2)25(30)28(22-10-6-7-11-23(22)32-26)17-16-24(29)27-20-12-14-21(15-13-20)31-18-19-8-4-3-5-9-19/h3-15H,16-18H2,1-2H3,(H,27,29). The molecule has 1 aliphatic rings. The molecule has 1 aliphatic heterocycles. The smallest absolute Gasteiger partial charge is 0.270 e. The van der Waals surface area contributed by atoms with Gasteiger partial charge in [0, 0.05) is 18.7 Å². The summed E-state index contributed by atoms with van der Waals surface area (Å²) in [5.74, 6) is 1.04. The number of nitrogens with zero attached hydrogens (tertiary/aromatic N) is 1. The van der Waals surface area contributed by atoms with Crippen LogP contribution in [-0.4, -0.2) is 24.0 Å². The van der Waals surface area contributed by atoms with E-state index in [2.05, 4.69) is 5.32 Å². The van der Waals surface area contributed by atoms with E-state index in [4.69, 9.17) is 9.47 Å². The zero-order chi connectivity index (χ0) is 22.6. The van der Waals surface area contributed by atoms with Crippen molar-refractivity contribution < 1.29 is 19.1 Å². The number of nitrogens with one attached hydrogen (secondary N) is 1. The molecule has 164 valence electrons. The van der Waals surface area contributed by atoms with Gasteiger partial charge in [0.15, 0.2) is 5.60 Å². The van der Waals surface area contributed by atoms with Crippen LogP contribution in [0.25, 0.3) is 0 Å². The fourth-order valence-electron chi connectivity index (χ4n) is 3.55. The average molecular weight is 431 g/mol. The summed E-state index contributed by atoms with van der Waals surface area (Å²) in [4.78, 5) is 27.0. The van der Waals surface area contributed by atoms with Crippen molar-refractivity contribution in [2.75, 3.05) is 16.8 Å². The molecule has 6 nitrogen and oxygen atoms in total. The molecule has 0 spiro atoms. The summed E-state index contributed by atoms with van der Waals surface area (Å²) in [5, 5.41) is 2.88. The van der Waals surface area contributed by atoms with Gasteiger partial charge >= 0.3 is 0 Å². The third-order valence-electron chi connectivity index (χ3n) is 5.23. The minimum atomic E-state index is -0.972. The van der Waals surface area contributed by atoms with Gasteiger partial charge in [0.2, 0.25) is 5.91 Å². The summed E-state index contributed by atoms with van der Waals surface area (Å²) in [6.07, 6.45) is 0.169. The first-order chi connectivity index (χ1) is 15.4. The summed E-state index contributed by atoms with van der Waals surface area (Å²) in [5.41, 5.74) is 1.48. The van der Waals surface area contributed by atoms with E-state index in [-0.39, 0.29) is 24.8 Å². The van der Waals surface area contributed by atoms with E-state index in [1.807, 2.05) is 66.7 Å². The van der Waals surface area contributed by atoms with E-state index in [0.29, 0.717) is 23.7 Å². The Bertz CT molecular complexity index is 1090. The zero-order valence-corrected chi connectivity index (χ0v) is 18.2. The molecule has 0 fully saturated rings. The highest BCUT2D eigenvalue weighted by Crippen LogP contribution is 2.37. The molecule has 0 saturated heterocycles. The normalized spacial score (nSPS) is 14.3. The lowest BCUT2D eigenvalue weighted by atomic mass is 10.0. The SMILES string of the molecule is CC1(C)Oc2ccccc2N(CCC(=O)Nc2ccc(OCc3ccccc3)cc2)C1=O. The minimum absolute atomic E-state index is 0.163. The van der Waals surface area contributed by atoms with E-state index in [1.54, 1.807) is 30.9 Å². The molecule has 0 atom stereocenters. The fourth-order valence-corrected chi connectivity index (χ4v) is 3.55. The molecule has 2 amide bonds. The Morgan fingerprint density at radius 1 is 0.969 bits per heavy atom. The maximum Gasteiger partial charge on any atom is 0.270 e. The first-order valence-electron chi connectivity index (χ1n) is 10.6. The van der Waals surface area contributed by atoms with Crippen LogP contribution in [0, 0.1) is 0 Å². The number of carbonyl (C=O) groups excluding carboxylic acids is 2. The number of anilines is 2. The van der Waals surface area contributed by atoms with E-state index >= 15 is 0 Å². The maximum atomic E-state index is 12.8. The quantitative estimate of drug-likeness (QED) is 0.585. The van der Waals surface area contributed by atoms with Gasteiger partial charge in [-0.05, 0) is 55.8 Å². The van der Waals surface area contributed by atoms with Crippen molar-refractivity contribution >= 4 is 23.2 Å². The maximum absolute atomic E-state index is 12.8. The molecule has 0 bridgehead atoms. The van der Waals surface area contributed by atoms with Crippen molar-refractivity contribution in [1.82, 2.24) is 0 Å². The number of carbonyl (C=O) groups is 2. The van der Waals surface area contributed by atoms with Crippen molar-refractivity contribution in [2.45, 2.75) is 32.5 Å². The molecule has 3 aromatic carbocycles. The largest absolute Gasteiger partial charge is 0.489 e. The molecule has 0 radical (unpaired) electrons. The number of amides is 2. The molecule has 0 aliphatic carbocycles. The van der Waals surface area contributed by atoms with Gasteiger partial charge in [0.25, 0.3) is 5.91 Å². The number of para-hydroxylation sites is 2. The Kier molecular flexibility index (Phi) is 6.12. The monoisotopic (exact) mass is 430 g/mol. The van der Waals surface area contributed by atoms with Crippen LogP contribution in [0.5, 0.6) is 11.5 Å². The zero-order valence-electron chi connectivity index (χ0n) is 18.2. The molecule has 0 unspecified atom stereocenters. The van der Waals surface area contributed by atoms with Crippen LogP contribution in [-0.2, 0) is 16.2 Å². The van der Waals surface area contributed by atoms with Crippen molar-refractivity contribution in [1.29, 1.82) is 0 Å². The van der Waals surface area contributed by atoms with E-state index < -0.39 is 5.60 Å². The Labute approximate surface area is 187 Å². The number of fused-ring (bicyclic) bond motifs is 1. The van der Waals surface area contributed by atoms with Crippen LogP contribution in [0.4, 0.5) is 11.4 Å². The molecule has 6 heteroatoms. The molecule has 1 heterocycles. The van der Waals surface area contributed by atoms with Gasteiger partial charge in [0.05, 0.1) is 5.69 Å². The summed E-state index contributed by atoms with van der Waals surface area (Å²) in [6, 6.07) is 24.6. The van der Waals surface area contributed by atoms with Gasteiger partial charge in [-0.1, -0.05) is 42.5 Å². The second-order valence-electron chi connectivity index (χ2n) is 8.13. The molecule has 1 N–H and O–H groups in total. The van der Waals surface area contributed by atoms with Gasteiger partial charge in [0.1, 0.15) is 18.1 Å². The van der Waals surface area contributed by atoms with Crippen molar-refractivity contribution in [3.05, 3.63) is 84.4 Å². The molecule has 0 saturated carbocycles. The predicted molar refractivity (Wildman–Crippen MR) is 124 cm³/mol. The summed E-state index contributed by atoms with van der Waals surface area (Å²) in [7, 11) is 0. The van der Waals surface area contributed by atoms with Gasteiger partial charge < -0.3 is 19.7 Å². The van der Waals surface area contributed by atoms with Gasteiger partial charge in [-0.3, -0.25) is 9.59 Å². The number of rotatable bonds is 7. The van der Waals surface area contributed by atoms with Crippen LogP contribution in [0.2, 0.25) is 0 Å². The van der Waals surface area contributed by atoms with E-state index in [1.165, 1.54) is 0 Å². The van der Waals surface area contributed by atoms with E-state index in [9.17, 15) is 9.59 Å². The molecule has 3 aromatic rings. The van der Waals surface area contributed by atoms with Crippen molar-refractivity contribution in [2.24, 2.45) is 0 Å². The van der Waals surface area contributed by atoms with Crippen LogP contribution in [0.15, 0.2) is 78.9 Å². The Morgan fingerprint density at radius 3 is 2.41 bits per heavy atom. The van der Waals surface area contributed by atoms with Crippen molar-refractivity contribution in [3.63, 3.8) is 0 Å². The third kappa shape index (κ3) is 4.91. The third-order valence-corrected chi connectivity index (χ3v) is 5.23. The number of hydrogen-bond donors (Lipinski definition) is 1. The van der Waals surface area contributed by atoms with Crippen molar-refractivity contribution in [3.8, 4) is 11.5 Å². The summed E-state index contributed by atoms with van der Waals surface area (Å²) in [6.45, 7) is 4.23. The topological polar surface area (TPSA) is 67.9 Å². The van der Waals surface area contributed by atoms with Crippen LogP contribution in [0.1, 0.15) is 25.8 Å². The first-order valence-corrected chi connectivity index (χ1v) is 10.6. The van der Waals surface area contributed by atoms with Gasteiger partial charge in [-0.25, -0.2) is 0 Å². The highest BCUT2D eigenvalue weighted by atomic mass is 16.5. The predicted octanol–water partition coefficient (Wildman–Crippen LogP) is 4.80. The number of hydrogen-bond acceptors (Lipinski definition) is 4. The lowest BCUT2D eigenvalue weighted by molar-refractivity contribution is -0.132. The molecular formula is C26H26N2O4. The Hall–Kier alpha value is -3.80. The molecule has 32 heavy (non-hydrogen) atoms. The second-order valence-corrected chi connectivity index (χ2v) is 8.13. The molecule has 0 aromatic heterocycles. The van der Waals surface area contributed by atoms with Crippen LogP contribution < -0.4 is 19.7 Å². The Balaban J connectivity index is 1.32. The van der Waals surface area contributed by atoms with Gasteiger partial charge in [-0.2, -0.15) is 0 Å². The molecule has 4 rings (SSSR count). The average Bonchev–Trinajstić information content (AvgIpc) is 2.79. The van der Waals surface area contributed by atoms with Crippen LogP contribution >= 0.6 is 0 Å². The van der Waals surface area contributed by atoms with Gasteiger partial charge in [-0.15, -0.1) is 0 Å². The summed E-state index contributed by atoms with van der Waals surface area (Å²) < 4.78 is 11.6. The highest BCUT2D eigenvalue weighted by molar-refractivity contribution is 6.03. The Morgan fingerprint density at radius 2 is 1.66 bits per heavy atom.